The van der Waals surface area contributed by atoms with Gasteiger partial charge in [-0.15, -0.1) is 0 Å². The number of fused-ring (bicyclic) bond motifs is 5. The zero-order chi connectivity index (χ0) is 43.9. The van der Waals surface area contributed by atoms with Crippen molar-refractivity contribution in [2.75, 3.05) is 13.7 Å². The number of aromatic nitrogens is 3. The third-order valence-electron chi connectivity index (χ3n) is 12.8. The molecule has 3 aliphatic carbocycles. The van der Waals surface area contributed by atoms with Crippen molar-refractivity contribution in [3.63, 3.8) is 0 Å². The lowest BCUT2D eigenvalue weighted by atomic mass is 10.0. The highest BCUT2D eigenvalue weighted by molar-refractivity contribution is 7.91. The van der Waals surface area contributed by atoms with Crippen LogP contribution >= 0.6 is 0 Å². The molecule has 0 unspecified atom stereocenters. The Morgan fingerprint density at radius 1 is 0.921 bits per heavy atom. The maximum Gasteiger partial charge on any atom is 0.408 e. The fourth-order valence-corrected chi connectivity index (χ4v) is 10.4. The van der Waals surface area contributed by atoms with E-state index in [0.717, 1.165) is 43.9 Å². The molecule has 0 bridgehead atoms. The second-order valence-electron chi connectivity index (χ2n) is 17.3. The van der Waals surface area contributed by atoms with E-state index in [1.807, 2.05) is 36.4 Å². The lowest BCUT2D eigenvalue weighted by Crippen LogP contribution is -2.58. The molecule has 2 aromatic heterocycles. The number of sulfonamides is 1. The molecule has 332 valence electrons. The molecular formula is C45H51N7O10S. The van der Waals surface area contributed by atoms with Crippen molar-refractivity contribution >= 4 is 56.4 Å². The van der Waals surface area contributed by atoms with E-state index in [9.17, 15) is 32.4 Å². The van der Waals surface area contributed by atoms with Crippen LogP contribution < -0.4 is 20.1 Å². The lowest BCUT2D eigenvalue weighted by molar-refractivity contribution is -0.141. The molecule has 4 heterocycles. The molecule has 5 aliphatic rings. The van der Waals surface area contributed by atoms with Gasteiger partial charge >= 0.3 is 12.1 Å². The fraction of sp³-hybridized carbons (Fsp3) is 0.489. The van der Waals surface area contributed by atoms with Gasteiger partial charge in [0, 0.05) is 29.4 Å². The zero-order valence-electron chi connectivity index (χ0n) is 35.0. The molecule has 3 saturated carbocycles. The van der Waals surface area contributed by atoms with Gasteiger partial charge in [-0.2, -0.15) is 9.61 Å². The number of amides is 4. The molecule has 2 aromatic carbocycles. The van der Waals surface area contributed by atoms with Crippen LogP contribution in [0.4, 0.5) is 4.79 Å². The first-order valence-corrected chi connectivity index (χ1v) is 23.4. The number of allylic oxidation sites excluding steroid dienone is 1. The molecule has 3 N–H and O–H groups in total. The Bertz CT molecular complexity index is 2590. The lowest BCUT2D eigenvalue weighted by Gasteiger charge is -2.30. The summed E-state index contributed by atoms with van der Waals surface area (Å²) in [5.74, 6) is -2.63. The van der Waals surface area contributed by atoms with E-state index < -0.39 is 74.7 Å². The SMILES string of the molecule is COC(=O)c1ccc(-c2cc(O[C@@H]3C[C@H]4C(=O)N[C@]5(C(=O)NS(=O)(=O)C6CC6)C[C@H]5/C=C\CCCCC[C@@H](NC(=O)OC5CCCC5)C(=O)N4C3)n3nc4ccccc4c3n2)cc1. The third kappa shape index (κ3) is 8.81. The van der Waals surface area contributed by atoms with Crippen molar-refractivity contribution in [2.45, 2.75) is 119 Å². The summed E-state index contributed by atoms with van der Waals surface area (Å²) in [7, 11) is -2.62. The van der Waals surface area contributed by atoms with E-state index in [0.29, 0.717) is 60.1 Å². The molecule has 4 aromatic rings. The van der Waals surface area contributed by atoms with E-state index in [2.05, 4.69) is 15.4 Å². The molecule has 18 heteroatoms. The van der Waals surface area contributed by atoms with Crippen LogP contribution in [0.5, 0.6) is 5.88 Å². The Kier molecular flexibility index (Phi) is 11.6. The van der Waals surface area contributed by atoms with Gasteiger partial charge in [0.1, 0.15) is 29.8 Å². The van der Waals surface area contributed by atoms with Gasteiger partial charge in [0.25, 0.3) is 5.91 Å². The molecule has 5 atom stereocenters. The number of hydrogen-bond donors (Lipinski definition) is 3. The van der Waals surface area contributed by atoms with Gasteiger partial charge in [-0.1, -0.05) is 49.3 Å². The van der Waals surface area contributed by atoms with Crippen LogP contribution in [-0.2, 0) is 33.9 Å². The summed E-state index contributed by atoms with van der Waals surface area (Å²) in [6.45, 7) is -0.0703. The third-order valence-corrected chi connectivity index (χ3v) is 14.7. The molecule has 0 radical (unpaired) electrons. The number of alkyl carbamates (subject to hydrolysis) is 1. The quantitative estimate of drug-likeness (QED) is 0.154. The molecule has 0 spiro atoms. The summed E-state index contributed by atoms with van der Waals surface area (Å²) < 4.78 is 47.1. The number of hydrogen-bond acceptors (Lipinski definition) is 12. The van der Waals surface area contributed by atoms with Crippen LogP contribution in [-0.4, -0.2) is 106 Å². The van der Waals surface area contributed by atoms with Crippen molar-refractivity contribution in [3.8, 4) is 17.1 Å². The second-order valence-corrected chi connectivity index (χ2v) is 19.3. The first-order valence-electron chi connectivity index (χ1n) is 21.9. The number of carbonyl (C=O) groups is 5. The van der Waals surface area contributed by atoms with Gasteiger partial charge in [0.2, 0.25) is 27.7 Å². The number of rotatable bonds is 9. The maximum atomic E-state index is 14.8. The van der Waals surface area contributed by atoms with Gasteiger partial charge in [-0.05, 0) is 88.5 Å². The molecule has 4 fully saturated rings. The van der Waals surface area contributed by atoms with Crippen molar-refractivity contribution in [1.29, 1.82) is 0 Å². The number of ether oxygens (including phenoxy) is 3. The highest BCUT2D eigenvalue weighted by Crippen LogP contribution is 2.46. The smallest absolute Gasteiger partial charge is 0.408 e. The number of methoxy groups -OCH3 is 1. The average Bonchev–Trinajstić information content (AvgIpc) is 4.09. The van der Waals surface area contributed by atoms with Crippen molar-refractivity contribution in [1.82, 2.24) is 34.9 Å². The average molecular weight is 882 g/mol. The number of carbonyl (C=O) groups excluding carboxylic acids is 5. The number of nitrogens with one attached hydrogen (secondary N) is 3. The Hall–Kier alpha value is -6.04. The molecule has 1 saturated heterocycles. The monoisotopic (exact) mass is 881 g/mol. The van der Waals surface area contributed by atoms with Crippen LogP contribution in [0.2, 0.25) is 0 Å². The van der Waals surface area contributed by atoms with Gasteiger partial charge in [0.15, 0.2) is 5.65 Å². The summed E-state index contributed by atoms with van der Waals surface area (Å²) in [6.07, 6.45) is 9.69. The minimum absolute atomic E-state index is 0.0108. The molecule has 2 aliphatic heterocycles. The minimum Gasteiger partial charge on any atom is -0.472 e. The van der Waals surface area contributed by atoms with Gasteiger partial charge in [0.05, 0.1) is 35.7 Å². The molecular weight excluding hydrogens is 831 g/mol. The molecule has 4 amide bonds. The molecule has 9 rings (SSSR count). The maximum absolute atomic E-state index is 14.8. The summed E-state index contributed by atoms with van der Waals surface area (Å²) in [5.41, 5.74) is 1.14. The zero-order valence-corrected chi connectivity index (χ0v) is 35.8. The number of nitrogens with zero attached hydrogens (tertiary/aromatic N) is 4. The van der Waals surface area contributed by atoms with E-state index in [1.54, 1.807) is 34.8 Å². The van der Waals surface area contributed by atoms with Crippen LogP contribution in [0.3, 0.4) is 0 Å². The summed E-state index contributed by atoms with van der Waals surface area (Å²) in [6, 6.07) is 13.7. The van der Waals surface area contributed by atoms with Crippen molar-refractivity contribution in [3.05, 3.63) is 72.3 Å². The summed E-state index contributed by atoms with van der Waals surface area (Å²) in [5, 5.41) is 10.6. The largest absolute Gasteiger partial charge is 0.472 e. The summed E-state index contributed by atoms with van der Waals surface area (Å²) in [4.78, 5) is 75.2. The van der Waals surface area contributed by atoms with E-state index in [1.165, 1.54) is 12.0 Å². The van der Waals surface area contributed by atoms with Gasteiger partial charge in [-0.25, -0.2) is 23.0 Å². The second kappa shape index (κ2) is 17.3. The Labute approximate surface area is 364 Å². The molecule has 63 heavy (non-hydrogen) atoms. The van der Waals surface area contributed by atoms with Crippen LogP contribution in [0, 0.1) is 5.92 Å². The van der Waals surface area contributed by atoms with E-state index >= 15 is 0 Å². The van der Waals surface area contributed by atoms with Crippen molar-refractivity contribution < 1.29 is 46.6 Å². The van der Waals surface area contributed by atoms with Crippen molar-refractivity contribution in [2.24, 2.45) is 5.92 Å². The Morgan fingerprint density at radius 3 is 2.44 bits per heavy atom. The highest BCUT2D eigenvalue weighted by atomic mass is 32.2. The predicted molar refractivity (Wildman–Crippen MR) is 229 cm³/mol. The summed E-state index contributed by atoms with van der Waals surface area (Å²) >= 11 is 0. The topological polar surface area (TPSA) is 217 Å². The Morgan fingerprint density at radius 2 is 1.68 bits per heavy atom. The fourth-order valence-electron chi connectivity index (χ4n) is 9.08. The van der Waals surface area contributed by atoms with Gasteiger partial charge in [-0.3, -0.25) is 19.1 Å². The van der Waals surface area contributed by atoms with E-state index in [4.69, 9.17) is 24.3 Å². The standard InChI is InChI=1S/C45H51N7O10S/c1-60-42(55)28-19-17-27(18-20-28)36-24-38(52-39(46-36)33-14-9-10-15-34(33)49-52)61-31-23-37-40(53)48-45(43(56)50-63(58,59)32-21-22-32)25-29(45)11-5-3-2-4-6-16-35(41(54)51(37)26-31)47-44(57)62-30-12-7-8-13-30/h5,9-11,14-15,17-20,24,29-32,35,37H,2-4,6-8,12-13,16,21-23,25-26H2,1H3,(H,47,57)(H,48,53)(H,50,56)/b11-5-/t29-,31-,35-,37+,45-/m1/s1. The number of esters is 1. The highest BCUT2D eigenvalue weighted by Gasteiger charge is 2.62. The number of benzene rings is 2. The molecule has 17 nitrogen and oxygen atoms in total. The van der Waals surface area contributed by atoms with E-state index in [-0.39, 0.29) is 31.4 Å². The first-order chi connectivity index (χ1) is 30.4. The van der Waals surface area contributed by atoms with Crippen LogP contribution in [0.1, 0.15) is 93.8 Å². The van der Waals surface area contributed by atoms with Gasteiger partial charge < -0.3 is 29.7 Å². The predicted octanol–water partition coefficient (Wildman–Crippen LogP) is 4.73. The first kappa shape index (κ1) is 42.3. The minimum atomic E-state index is -3.93. The van der Waals surface area contributed by atoms with Crippen LogP contribution in [0.25, 0.3) is 27.8 Å². The Balaban J connectivity index is 1.05. The van der Waals surface area contributed by atoms with Crippen LogP contribution in [0.15, 0.2) is 66.7 Å². The normalized spacial score (nSPS) is 26.1.